The Hall–Kier alpha value is -2.48. The fraction of sp³-hybridized carbons (Fsp3) is 0.379. The molecule has 0 saturated carbocycles. The van der Waals surface area contributed by atoms with Crippen LogP contribution >= 0.6 is 0 Å². The molecule has 0 aromatic heterocycles. The van der Waals surface area contributed by atoms with E-state index in [4.69, 9.17) is 9.47 Å². The van der Waals surface area contributed by atoms with Crippen molar-refractivity contribution in [2.24, 2.45) is 0 Å². The molecule has 0 radical (unpaired) electrons. The van der Waals surface area contributed by atoms with Crippen molar-refractivity contribution in [1.29, 1.82) is 0 Å². The number of aryl methyl sites for hydroxylation is 1. The predicted octanol–water partition coefficient (Wildman–Crippen LogP) is 7.00. The van der Waals surface area contributed by atoms with Crippen molar-refractivity contribution in [1.82, 2.24) is 0 Å². The van der Waals surface area contributed by atoms with Gasteiger partial charge in [-0.1, -0.05) is 81.0 Å². The molecule has 0 bridgehead atoms. The van der Waals surface area contributed by atoms with Crippen molar-refractivity contribution < 1.29 is 22.4 Å². The zero-order chi connectivity index (χ0) is 26.4. The molecule has 36 heavy (non-hydrogen) atoms. The molecule has 196 valence electrons. The van der Waals surface area contributed by atoms with Crippen LogP contribution in [-0.4, -0.2) is 32.9 Å². The fourth-order valence-corrected chi connectivity index (χ4v) is 6.53. The first-order valence-corrected chi connectivity index (χ1v) is 15.1. The van der Waals surface area contributed by atoms with E-state index in [9.17, 15) is 13.0 Å². The van der Waals surface area contributed by atoms with Gasteiger partial charge in [0.05, 0.1) is 24.3 Å². The van der Waals surface area contributed by atoms with Crippen molar-refractivity contribution in [3.63, 3.8) is 0 Å². The molecule has 0 atom stereocenters. The monoisotopic (exact) mass is 530 g/mol. The number of benzene rings is 3. The minimum Gasteiger partial charge on any atom is -0.748 e. The van der Waals surface area contributed by atoms with Crippen LogP contribution in [0.25, 0.3) is 0 Å². The quantitative estimate of drug-likeness (QED) is 0.143. The number of unbranched alkanes of at least 4 members (excludes halogenated alkanes) is 5. The highest BCUT2D eigenvalue weighted by molar-refractivity contribution is 7.97. The van der Waals surface area contributed by atoms with Gasteiger partial charge in [0.1, 0.15) is 10.9 Å². The van der Waals surface area contributed by atoms with E-state index < -0.39 is 10.1 Å². The lowest BCUT2D eigenvalue weighted by Gasteiger charge is -2.13. The Morgan fingerprint density at radius 2 is 1.19 bits per heavy atom. The summed E-state index contributed by atoms with van der Waals surface area (Å²) in [5.74, 6) is 1.60. The third kappa shape index (κ3) is 9.88. The van der Waals surface area contributed by atoms with Crippen LogP contribution < -0.4 is 9.47 Å². The number of para-hydroxylation sites is 2. The van der Waals surface area contributed by atoms with Gasteiger partial charge < -0.3 is 14.0 Å². The molecule has 0 aliphatic rings. The van der Waals surface area contributed by atoms with Gasteiger partial charge in [-0.15, -0.1) is 0 Å². The van der Waals surface area contributed by atoms with E-state index in [1.165, 1.54) is 23.3 Å². The second-order valence-corrected chi connectivity index (χ2v) is 11.9. The highest BCUT2D eigenvalue weighted by Gasteiger charge is 2.34. The lowest BCUT2D eigenvalue weighted by Crippen LogP contribution is -2.08. The molecule has 3 rings (SSSR count). The Morgan fingerprint density at radius 1 is 0.722 bits per heavy atom. The molecule has 3 aromatic carbocycles. The van der Waals surface area contributed by atoms with Crippen LogP contribution in [0.2, 0.25) is 0 Å². The Labute approximate surface area is 220 Å². The van der Waals surface area contributed by atoms with Gasteiger partial charge >= 0.3 is 0 Å². The predicted molar refractivity (Wildman–Crippen MR) is 147 cm³/mol. The smallest absolute Gasteiger partial charge is 0.208 e. The SMILES string of the molecule is CCCCCCCCS(=O)(=O)[O-].COc1ccccc1[S+](c1ccc(C)cc1)c1ccccc1OC. The molecular formula is C29H38O5S2. The number of hydrogen-bond acceptors (Lipinski definition) is 5. The van der Waals surface area contributed by atoms with Gasteiger partial charge in [0, 0.05) is 5.75 Å². The van der Waals surface area contributed by atoms with E-state index in [0.29, 0.717) is 6.42 Å². The average Bonchev–Trinajstić information content (AvgIpc) is 2.88. The van der Waals surface area contributed by atoms with E-state index in [1.54, 1.807) is 14.2 Å². The molecular weight excluding hydrogens is 492 g/mol. The number of rotatable bonds is 12. The molecule has 0 aliphatic heterocycles. The minimum absolute atomic E-state index is 0.195. The van der Waals surface area contributed by atoms with Crippen molar-refractivity contribution in [2.45, 2.75) is 67.1 Å². The molecule has 0 fully saturated rings. The first-order valence-electron chi connectivity index (χ1n) is 12.3. The van der Waals surface area contributed by atoms with Crippen molar-refractivity contribution >= 4 is 21.0 Å². The molecule has 0 N–H and O–H groups in total. The van der Waals surface area contributed by atoms with Crippen molar-refractivity contribution in [3.8, 4) is 11.5 Å². The minimum atomic E-state index is -3.97. The topological polar surface area (TPSA) is 75.7 Å². The largest absolute Gasteiger partial charge is 0.748 e. The molecule has 0 heterocycles. The normalized spacial score (nSPS) is 11.1. The Balaban J connectivity index is 0.000000324. The molecule has 0 aliphatic carbocycles. The first-order chi connectivity index (χ1) is 17.3. The van der Waals surface area contributed by atoms with E-state index in [0.717, 1.165) is 40.6 Å². The fourth-order valence-electron chi connectivity index (χ4n) is 3.68. The van der Waals surface area contributed by atoms with Gasteiger partial charge in [-0.05, 0) is 49.7 Å². The summed E-state index contributed by atoms with van der Waals surface area (Å²) in [5.41, 5.74) is 1.25. The lowest BCUT2D eigenvalue weighted by atomic mass is 10.1. The van der Waals surface area contributed by atoms with E-state index in [1.807, 2.05) is 24.3 Å². The second kappa shape index (κ2) is 15.6. The molecule has 0 unspecified atom stereocenters. The molecule has 0 amide bonds. The summed E-state index contributed by atoms with van der Waals surface area (Å²) in [5, 5.41) is 0. The van der Waals surface area contributed by atoms with Gasteiger partial charge in [0.25, 0.3) is 0 Å². The van der Waals surface area contributed by atoms with Crippen LogP contribution in [0.5, 0.6) is 11.5 Å². The highest BCUT2D eigenvalue weighted by Crippen LogP contribution is 2.40. The van der Waals surface area contributed by atoms with Crippen LogP contribution in [0.3, 0.4) is 0 Å². The molecule has 0 saturated heterocycles. The maximum Gasteiger partial charge on any atom is 0.208 e. The molecule has 0 spiro atoms. The maximum absolute atomic E-state index is 10.2. The van der Waals surface area contributed by atoms with Crippen LogP contribution in [-0.2, 0) is 21.0 Å². The summed E-state index contributed by atoms with van der Waals surface area (Å²) < 4.78 is 41.8. The van der Waals surface area contributed by atoms with Gasteiger partial charge in [-0.2, -0.15) is 0 Å². The lowest BCUT2D eigenvalue weighted by molar-refractivity contribution is 0.402. The Bertz CT molecular complexity index is 1100. The number of ether oxygens (including phenoxy) is 2. The third-order valence-corrected chi connectivity index (χ3v) is 8.67. The van der Waals surface area contributed by atoms with Crippen LogP contribution in [0, 0.1) is 6.92 Å². The maximum atomic E-state index is 10.2. The molecule has 7 heteroatoms. The van der Waals surface area contributed by atoms with Gasteiger partial charge in [-0.3, -0.25) is 0 Å². The summed E-state index contributed by atoms with van der Waals surface area (Å²) in [7, 11) is -0.823. The molecule has 3 aromatic rings. The summed E-state index contributed by atoms with van der Waals surface area (Å²) >= 11 is 0. The number of hydrogen-bond donors (Lipinski definition) is 0. The zero-order valence-electron chi connectivity index (χ0n) is 21.7. The van der Waals surface area contributed by atoms with E-state index in [2.05, 4.69) is 62.4 Å². The number of methoxy groups -OCH3 is 2. The average molecular weight is 531 g/mol. The zero-order valence-corrected chi connectivity index (χ0v) is 23.4. The Kier molecular flexibility index (Phi) is 12.9. The van der Waals surface area contributed by atoms with Gasteiger partial charge in [0.2, 0.25) is 9.79 Å². The van der Waals surface area contributed by atoms with Crippen molar-refractivity contribution in [2.75, 3.05) is 20.0 Å². The summed E-state index contributed by atoms with van der Waals surface area (Å²) in [6.45, 7) is 4.23. The van der Waals surface area contributed by atoms with Crippen molar-refractivity contribution in [3.05, 3.63) is 78.4 Å². The summed E-state index contributed by atoms with van der Waals surface area (Å²) in [6.07, 6.45) is 5.96. The summed E-state index contributed by atoms with van der Waals surface area (Å²) in [4.78, 5) is 3.57. The highest BCUT2D eigenvalue weighted by atomic mass is 32.2. The van der Waals surface area contributed by atoms with E-state index in [-0.39, 0.29) is 16.6 Å². The van der Waals surface area contributed by atoms with Crippen LogP contribution in [0.15, 0.2) is 87.5 Å². The Morgan fingerprint density at radius 3 is 1.67 bits per heavy atom. The standard InChI is InChI=1S/C21H21O2S.C8H18O3S/c1-16-12-14-17(15-13-16)24(20-10-6-4-8-18(20)22-2)21-11-7-5-9-19(21)23-3;1-2-3-4-5-6-7-8-12(9,10)11/h4-15H,1-3H3;2-8H2,1H3,(H,9,10,11)/q+1;/p-1. The van der Waals surface area contributed by atoms with Crippen LogP contribution in [0.4, 0.5) is 0 Å². The van der Waals surface area contributed by atoms with Gasteiger partial charge in [0.15, 0.2) is 16.4 Å². The second-order valence-electron chi connectivity index (χ2n) is 8.45. The van der Waals surface area contributed by atoms with Crippen LogP contribution in [0.1, 0.15) is 51.0 Å². The molecule has 5 nitrogen and oxygen atoms in total. The summed E-state index contributed by atoms with van der Waals surface area (Å²) in [6, 6.07) is 25.1. The first kappa shape index (κ1) is 29.7. The van der Waals surface area contributed by atoms with Gasteiger partial charge in [-0.25, -0.2) is 8.42 Å². The van der Waals surface area contributed by atoms with E-state index >= 15 is 0 Å². The third-order valence-electron chi connectivity index (χ3n) is 5.58.